The number of aliphatic carboxylic acids is 1. The third-order valence-electron chi connectivity index (χ3n) is 2.83. The van der Waals surface area contributed by atoms with Gasteiger partial charge in [-0.1, -0.05) is 21.1 Å². The Bertz CT molecular complexity index is 635. The predicted octanol–water partition coefficient (Wildman–Crippen LogP) is 4.35. The molecule has 0 unspecified atom stereocenters. The summed E-state index contributed by atoms with van der Waals surface area (Å²) in [4.78, 5) is 10.5. The molecule has 0 aliphatic carbocycles. The van der Waals surface area contributed by atoms with Gasteiger partial charge in [-0.15, -0.1) is 5.10 Å². The zero-order valence-electron chi connectivity index (χ0n) is 10.9. The van der Waals surface area contributed by atoms with Gasteiger partial charge < -0.3 is 5.11 Å². The lowest BCUT2D eigenvalue weighted by Gasteiger charge is -2.07. The molecular formula is C13H12Br3N3O2. The van der Waals surface area contributed by atoms with Crippen molar-refractivity contribution in [2.45, 2.75) is 25.7 Å². The lowest BCUT2D eigenvalue weighted by Crippen LogP contribution is -1.97. The van der Waals surface area contributed by atoms with Crippen molar-refractivity contribution in [1.29, 1.82) is 0 Å². The van der Waals surface area contributed by atoms with Gasteiger partial charge in [-0.05, 0) is 63.3 Å². The standard InChI is InChI=1S/C13H12Br3N3O2/c14-8-5-10(15)13(11(16)6-8)19-7-9(17-18-19)3-1-2-4-12(20)21/h5-7H,1-4H2,(H,20,21). The Hall–Kier alpha value is -0.730. The van der Waals surface area contributed by atoms with E-state index in [1.807, 2.05) is 18.3 Å². The van der Waals surface area contributed by atoms with Crippen molar-refractivity contribution in [3.63, 3.8) is 0 Å². The zero-order valence-corrected chi connectivity index (χ0v) is 15.6. The van der Waals surface area contributed by atoms with E-state index in [-0.39, 0.29) is 6.42 Å². The SMILES string of the molecule is O=C(O)CCCCc1cn(-c2c(Br)cc(Br)cc2Br)nn1. The van der Waals surface area contributed by atoms with Gasteiger partial charge >= 0.3 is 5.97 Å². The lowest BCUT2D eigenvalue weighted by molar-refractivity contribution is -0.137. The molecule has 1 heterocycles. The molecule has 0 saturated carbocycles. The second kappa shape index (κ2) is 7.51. The molecule has 21 heavy (non-hydrogen) atoms. The number of rotatable bonds is 6. The van der Waals surface area contributed by atoms with Crippen molar-refractivity contribution >= 4 is 53.8 Å². The molecule has 0 amide bonds. The summed E-state index contributed by atoms with van der Waals surface area (Å²) in [7, 11) is 0. The fourth-order valence-corrected chi connectivity index (χ4v) is 4.48. The van der Waals surface area contributed by atoms with Crippen LogP contribution in [-0.4, -0.2) is 26.1 Å². The van der Waals surface area contributed by atoms with Crippen LogP contribution in [0.5, 0.6) is 0 Å². The van der Waals surface area contributed by atoms with Gasteiger partial charge in [0.1, 0.15) is 0 Å². The predicted molar refractivity (Wildman–Crippen MR) is 89.6 cm³/mol. The summed E-state index contributed by atoms with van der Waals surface area (Å²) >= 11 is 10.4. The number of nitrogens with zero attached hydrogens (tertiary/aromatic N) is 3. The van der Waals surface area contributed by atoms with Gasteiger partial charge in [-0.2, -0.15) is 0 Å². The molecule has 0 saturated heterocycles. The maximum absolute atomic E-state index is 10.5. The minimum absolute atomic E-state index is 0.192. The Morgan fingerprint density at radius 2 is 1.86 bits per heavy atom. The van der Waals surface area contributed by atoms with Crippen molar-refractivity contribution in [3.05, 3.63) is 37.4 Å². The molecule has 0 fully saturated rings. The van der Waals surface area contributed by atoms with Crippen LogP contribution in [0.15, 0.2) is 31.7 Å². The number of carbonyl (C=O) groups is 1. The van der Waals surface area contributed by atoms with E-state index < -0.39 is 5.97 Å². The van der Waals surface area contributed by atoms with E-state index in [0.29, 0.717) is 6.42 Å². The van der Waals surface area contributed by atoms with E-state index >= 15 is 0 Å². The molecule has 0 spiro atoms. The molecule has 0 atom stereocenters. The molecule has 0 aliphatic rings. The molecule has 5 nitrogen and oxygen atoms in total. The highest BCUT2D eigenvalue weighted by molar-refractivity contribution is 9.11. The second-order valence-electron chi connectivity index (χ2n) is 4.47. The van der Waals surface area contributed by atoms with E-state index in [9.17, 15) is 4.79 Å². The number of benzene rings is 1. The fraction of sp³-hybridized carbons (Fsp3) is 0.308. The third-order valence-corrected chi connectivity index (χ3v) is 4.49. The molecular weight excluding hydrogens is 470 g/mol. The Morgan fingerprint density at radius 1 is 1.19 bits per heavy atom. The van der Waals surface area contributed by atoms with Gasteiger partial charge in [-0.3, -0.25) is 4.79 Å². The van der Waals surface area contributed by atoms with Crippen LogP contribution in [0.25, 0.3) is 5.69 Å². The van der Waals surface area contributed by atoms with Gasteiger partial charge in [0, 0.05) is 19.8 Å². The number of halogens is 3. The van der Waals surface area contributed by atoms with Gasteiger partial charge in [0.05, 0.1) is 17.6 Å². The van der Waals surface area contributed by atoms with Crippen LogP contribution >= 0.6 is 47.8 Å². The zero-order chi connectivity index (χ0) is 15.4. The monoisotopic (exact) mass is 479 g/mol. The van der Waals surface area contributed by atoms with Gasteiger partial charge in [0.15, 0.2) is 0 Å². The molecule has 8 heteroatoms. The largest absolute Gasteiger partial charge is 0.481 e. The first-order valence-electron chi connectivity index (χ1n) is 6.25. The van der Waals surface area contributed by atoms with E-state index in [1.54, 1.807) is 4.68 Å². The quantitative estimate of drug-likeness (QED) is 0.623. The average Bonchev–Trinajstić information content (AvgIpc) is 2.81. The minimum Gasteiger partial charge on any atom is -0.481 e. The number of hydrogen-bond acceptors (Lipinski definition) is 3. The second-order valence-corrected chi connectivity index (χ2v) is 7.10. The summed E-state index contributed by atoms with van der Waals surface area (Å²) in [6, 6.07) is 3.88. The van der Waals surface area contributed by atoms with Crippen LogP contribution in [-0.2, 0) is 11.2 Å². The summed E-state index contributed by atoms with van der Waals surface area (Å²) in [5, 5.41) is 16.9. The summed E-state index contributed by atoms with van der Waals surface area (Å²) in [6.07, 6.45) is 4.21. The summed E-state index contributed by atoms with van der Waals surface area (Å²) in [6.45, 7) is 0. The van der Waals surface area contributed by atoms with Crippen LogP contribution in [0.4, 0.5) is 0 Å². The molecule has 0 aliphatic heterocycles. The number of unbranched alkanes of at least 4 members (excludes halogenated alkanes) is 1. The van der Waals surface area contributed by atoms with Crippen LogP contribution in [0.1, 0.15) is 25.0 Å². The third kappa shape index (κ3) is 4.62. The highest BCUT2D eigenvalue weighted by Gasteiger charge is 2.11. The number of hydrogen-bond donors (Lipinski definition) is 1. The van der Waals surface area contributed by atoms with E-state index in [1.165, 1.54) is 0 Å². The number of carboxylic acid groups (broad SMARTS) is 1. The number of aryl methyl sites for hydroxylation is 1. The maximum Gasteiger partial charge on any atom is 0.303 e. The summed E-state index contributed by atoms with van der Waals surface area (Å²) in [5.74, 6) is -0.763. The van der Waals surface area contributed by atoms with Gasteiger partial charge in [0.25, 0.3) is 0 Å². The highest BCUT2D eigenvalue weighted by atomic mass is 79.9. The van der Waals surface area contributed by atoms with Gasteiger partial charge in [-0.25, -0.2) is 4.68 Å². The Morgan fingerprint density at radius 3 is 2.48 bits per heavy atom. The van der Waals surface area contributed by atoms with Gasteiger partial charge in [0.2, 0.25) is 0 Å². The van der Waals surface area contributed by atoms with Crippen molar-refractivity contribution in [2.24, 2.45) is 0 Å². The maximum atomic E-state index is 10.5. The normalized spacial score (nSPS) is 10.8. The van der Waals surface area contributed by atoms with Crippen LogP contribution in [0, 0.1) is 0 Å². The summed E-state index contributed by atoms with van der Waals surface area (Å²) < 4.78 is 4.45. The van der Waals surface area contributed by atoms with Crippen LogP contribution in [0.2, 0.25) is 0 Å². The van der Waals surface area contributed by atoms with Crippen molar-refractivity contribution in [2.75, 3.05) is 0 Å². The molecule has 0 radical (unpaired) electrons. The molecule has 1 N–H and O–H groups in total. The first-order chi connectivity index (χ1) is 9.97. The first-order valence-corrected chi connectivity index (χ1v) is 8.63. The number of aromatic nitrogens is 3. The minimum atomic E-state index is -0.763. The molecule has 1 aromatic heterocycles. The molecule has 112 valence electrons. The Labute approximate surface area is 147 Å². The topological polar surface area (TPSA) is 68.0 Å². The summed E-state index contributed by atoms with van der Waals surface area (Å²) in [5.41, 5.74) is 1.73. The first kappa shape index (κ1) is 16.6. The smallest absolute Gasteiger partial charge is 0.303 e. The Kier molecular flexibility index (Phi) is 5.95. The van der Waals surface area contributed by atoms with Crippen LogP contribution < -0.4 is 0 Å². The van der Waals surface area contributed by atoms with Crippen molar-refractivity contribution in [3.8, 4) is 5.69 Å². The van der Waals surface area contributed by atoms with E-state index in [4.69, 9.17) is 5.11 Å². The van der Waals surface area contributed by atoms with Crippen LogP contribution in [0.3, 0.4) is 0 Å². The van der Waals surface area contributed by atoms with E-state index in [0.717, 1.165) is 37.6 Å². The molecule has 2 aromatic rings. The molecule has 1 aromatic carbocycles. The molecule has 0 bridgehead atoms. The Balaban J connectivity index is 2.08. The van der Waals surface area contributed by atoms with Crippen molar-refractivity contribution in [1.82, 2.24) is 15.0 Å². The fourth-order valence-electron chi connectivity index (χ4n) is 1.86. The van der Waals surface area contributed by atoms with E-state index in [2.05, 4.69) is 58.1 Å². The molecule has 2 rings (SSSR count). The lowest BCUT2D eigenvalue weighted by atomic mass is 10.1. The van der Waals surface area contributed by atoms with Crippen molar-refractivity contribution < 1.29 is 9.90 Å². The highest BCUT2D eigenvalue weighted by Crippen LogP contribution is 2.32. The number of carboxylic acids is 1. The average molecular weight is 482 g/mol.